The van der Waals surface area contributed by atoms with E-state index in [0.29, 0.717) is 6.42 Å². The highest BCUT2D eigenvalue weighted by molar-refractivity contribution is 5.85. The van der Waals surface area contributed by atoms with E-state index < -0.39 is 0 Å². The second kappa shape index (κ2) is 8.00. The smallest absolute Gasteiger partial charge is 0.228 e. The first-order valence-corrected chi connectivity index (χ1v) is 8.92. The van der Waals surface area contributed by atoms with Crippen molar-refractivity contribution in [3.63, 3.8) is 0 Å². The van der Waals surface area contributed by atoms with Crippen LogP contribution in [0.5, 0.6) is 11.5 Å². The van der Waals surface area contributed by atoms with Gasteiger partial charge in [0.15, 0.2) is 0 Å². The molecule has 126 valence electrons. The van der Waals surface area contributed by atoms with Gasteiger partial charge in [0.05, 0.1) is 5.92 Å². The summed E-state index contributed by atoms with van der Waals surface area (Å²) in [7, 11) is 0. The second-order valence-corrected chi connectivity index (χ2v) is 6.36. The molecule has 1 aliphatic heterocycles. The third kappa shape index (κ3) is 3.78. The fraction of sp³-hybridized carbons (Fsp3) is 0.381. The summed E-state index contributed by atoms with van der Waals surface area (Å²) >= 11 is 0. The number of ether oxygens (including phenoxy) is 1. The predicted octanol–water partition coefficient (Wildman–Crippen LogP) is 4.82. The fourth-order valence-electron chi connectivity index (χ4n) is 3.20. The Morgan fingerprint density at radius 1 is 1.04 bits per heavy atom. The number of rotatable bonds is 6. The predicted molar refractivity (Wildman–Crippen MR) is 96.6 cm³/mol. The van der Waals surface area contributed by atoms with Crippen LogP contribution in [0.2, 0.25) is 0 Å². The van der Waals surface area contributed by atoms with Crippen molar-refractivity contribution in [2.75, 3.05) is 6.54 Å². The van der Waals surface area contributed by atoms with E-state index in [0.717, 1.165) is 35.6 Å². The van der Waals surface area contributed by atoms with E-state index in [2.05, 4.69) is 12.2 Å². The Morgan fingerprint density at radius 2 is 1.79 bits per heavy atom. The number of amides is 1. The lowest BCUT2D eigenvalue weighted by atomic mass is 9.91. The Labute approximate surface area is 144 Å². The Morgan fingerprint density at radius 3 is 2.62 bits per heavy atom. The van der Waals surface area contributed by atoms with Crippen molar-refractivity contribution in [1.29, 1.82) is 0 Å². The Balaban J connectivity index is 1.77. The number of benzene rings is 2. The third-order valence-electron chi connectivity index (χ3n) is 4.56. The highest BCUT2D eigenvalue weighted by Crippen LogP contribution is 2.39. The van der Waals surface area contributed by atoms with Gasteiger partial charge in [0, 0.05) is 12.1 Å². The number of para-hydroxylation sites is 2. The van der Waals surface area contributed by atoms with Gasteiger partial charge in [0.25, 0.3) is 0 Å². The van der Waals surface area contributed by atoms with E-state index >= 15 is 0 Å². The fourth-order valence-corrected chi connectivity index (χ4v) is 3.20. The van der Waals surface area contributed by atoms with Crippen molar-refractivity contribution >= 4 is 5.91 Å². The lowest BCUT2D eigenvalue weighted by Crippen LogP contribution is -2.31. The average molecular weight is 323 g/mol. The Hall–Kier alpha value is -2.29. The minimum atomic E-state index is -0.198. The quantitative estimate of drug-likeness (QED) is 0.774. The molecule has 3 rings (SSSR count). The molecule has 1 aliphatic rings. The minimum Gasteiger partial charge on any atom is -0.457 e. The molecule has 0 bridgehead atoms. The van der Waals surface area contributed by atoms with Crippen molar-refractivity contribution in [2.24, 2.45) is 0 Å². The van der Waals surface area contributed by atoms with Gasteiger partial charge in [-0.05, 0) is 30.5 Å². The van der Waals surface area contributed by atoms with Crippen molar-refractivity contribution in [3.8, 4) is 11.5 Å². The SMILES string of the molecule is CCCCCCNC(=O)C1Cc2ccccc2Oc2ccccc21. The lowest BCUT2D eigenvalue weighted by molar-refractivity contribution is -0.122. The zero-order valence-electron chi connectivity index (χ0n) is 14.3. The number of carbonyl (C=O) groups is 1. The largest absolute Gasteiger partial charge is 0.457 e. The molecule has 1 amide bonds. The van der Waals surface area contributed by atoms with E-state index in [1.807, 2.05) is 48.5 Å². The molecule has 24 heavy (non-hydrogen) atoms. The molecule has 1 unspecified atom stereocenters. The minimum absolute atomic E-state index is 0.0965. The van der Waals surface area contributed by atoms with Crippen molar-refractivity contribution in [3.05, 3.63) is 59.7 Å². The molecule has 2 aromatic rings. The highest BCUT2D eigenvalue weighted by atomic mass is 16.5. The van der Waals surface area contributed by atoms with Gasteiger partial charge < -0.3 is 10.1 Å². The van der Waals surface area contributed by atoms with Crippen molar-refractivity contribution in [2.45, 2.75) is 44.9 Å². The summed E-state index contributed by atoms with van der Waals surface area (Å²) in [5.41, 5.74) is 2.06. The van der Waals surface area contributed by atoms with Gasteiger partial charge in [-0.1, -0.05) is 62.6 Å². The number of fused-ring (bicyclic) bond motifs is 2. The maximum Gasteiger partial charge on any atom is 0.228 e. The summed E-state index contributed by atoms with van der Waals surface area (Å²) in [6.07, 6.45) is 5.32. The molecule has 0 aromatic heterocycles. The molecule has 1 atom stereocenters. The molecule has 0 spiro atoms. The van der Waals surface area contributed by atoms with Crippen LogP contribution in [0, 0.1) is 0 Å². The van der Waals surface area contributed by atoms with Crippen LogP contribution >= 0.6 is 0 Å². The number of unbranched alkanes of at least 4 members (excludes halogenated alkanes) is 3. The number of hydrogen-bond donors (Lipinski definition) is 1. The molecule has 0 fully saturated rings. The van der Waals surface area contributed by atoms with E-state index in [1.165, 1.54) is 19.3 Å². The number of carbonyl (C=O) groups excluding carboxylic acids is 1. The van der Waals surface area contributed by atoms with E-state index in [4.69, 9.17) is 4.74 Å². The molecule has 1 heterocycles. The summed E-state index contributed by atoms with van der Waals surface area (Å²) < 4.78 is 6.06. The normalized spacial score (nSPS) is 15.6. The lowest BCUT2D eigenvalue weighted by Gasteiger charge is -2.16. The van der Waals surface area contributed by atoms with Gasteiger partial charge in [-0.2, -0.15) is 0 Å². The van der Waals surface area contributed by atoms with Crippen LogP contribution in [0.1, 0.15) is 49.7 Å². The number of hydrogen-bond acceptors (Lipinski definition) is 2. The van der Waals surface area contributed by atoms with E-state index in [1.54, 1.807) is 0 Å². The molecule has 2 aromatic carbocycles. The van der Waals surface area contributed by atoms with Crippen LogP contribution in [-0.2, 0) is 11.2 Å². The standard InChI is InChI=1S/C21H25NO2/c1-2-3-4-9-14-22-21(23)18-15-16-10-5-7-12-19(16)24-20-13-8-6-11-17(18)20/h5-8,10-13,18H,2-4,9,14-15H2,1H3,(H,22,23). The Kier molecular flexibility index (Phi) is 5.52. The van der Waals surface area contributed by atoms with Gasteiger partial charge in [0.2, 0.25) is 5.91 Å². The summed E-state index contributed by atoms with van der Waals surface area (Å²) in [5.74, 6) is 1.53. The van der Waals surface area contributed by atoms with Gasteiger partial charge in [-0.3, -0.25) is 4.79 Å². The zero-order valence-corrected chi connectivity index (χ0v) is 14.3. The van der Waals surface area contributed by atoms with Gasteiger partial charge in [0.1, 0.15) is 11.5 Å². The molecule has 0 radical (unpaired) electrons. The molecule has 3 heteroatoms. The zero-order chi connectivity index (χ0) is 16.8. The van der Waals surface area contributed by atoms with Gasteiger partial charge in [-0.15, -0.1) is 0 Å². The molecule has 3 nitrogen and oxygen atoms in total. The molecule has 0 saturated carbocycles. The monoisotopic (exact) mass is 323 g/mol. The van der Waals surface area contributed by atoms with E-state index in [-0.39, 0.29) is 11.8 Å². The van der Waals surface area contributed by atoms with Crippen LogP contribution in [0.25, 0.3) is 0 Å². The van der Waals surface area contributed by atoms with Crippen LogP contribution in [0.15, 0.2) is 48.5 Å². The summed E-state index contributed by atoms with van der Waals surface area (Å²) in [6.45, 7) is 2.94. The summed E-state index contributed by atoms with van der Waals surface area (Å²) in [5, 5.41) is 3.12. The molecule has 1 N–H and O–H groups in total. The van der Waals surface area contributed by atoms with Crippen LogP contribution < -0.4 is 10.1 Å². The van der Waals surface area contributed by atoms with Crippen LogP contribution in [0.4, 0.5) is 0 Å². The number of nitrogens with one attached hydrogen (secondary N) is 1. The Bertz CT molecular complexity index is 696. The summed E-state index contributed by atoms with van der Waals surface area (Å²) in [6, 6.07) is 15.8. The van der Waals surface area contributed by atoms with Gasteiger partial charge >= 0.3 is 0 Å². The molecule has 0 aliphatic carbocycles. The maximum absolute atomic E-state index is 12.8. The van der Waals surface area contributed by atoms with Crippen molar-refractivity contribution in [1.82, 2.24) is 5.32 Å². The van der Waals surface area contributed by atoms with E-state index in [9.17, 15) is 4.79 Å². The second-order valence-electron chi connectivity index (χ2n) is 6.36. The summed E-state index contributed by atoms with van der Waals surface area (Å²) in [4.78, 5) is 12.8. The molecule has 0 saturated heterocycles. The van der Waals surface area contributed by atoms with Gasteiger partial charge in [-0.25, -0.2) is 0 Å². The first-order chi connectivity index (χ1) is 11.8. The first-order valence-electron chi connectivity index (χ1n) is 8.92. The topological polar surface area (TPSA) is 38.3 Å². The average Bonchev–Trinajstić information content (AvgIpc) is 2.78. The molecular formula is C21H25NO2. The van der Waals surface area contributed by atoms with Crippen LogP contribution in [-0.4, -0.2) is 12.5 Å². The maximum atomic E-state index is 12.8. The first kappa shape index (κ1) is 16.6. The third-order valence-corrected chi connectivity index (χ3v) is 4.56. The van der Waals surface area contributed by atoms with Crippen LogP contribution in [0.3, 0.4) is 0 Å². The molecular weight excluding hydrogens is 298 g/mol. The van der Waals surface area contributed by atoms with Crippen molar-refractivity contribution < 1.29 is 9.53 Å². The highest BCUT2D eigenvalue weighted by Gasteiger charge is 2.28.